The number of aliphatic hydroxyl groups excluding tert-OH is 1. The van der Waals surface area contributed by atoms with Gasteiger partial charge in [0, 0.05) is 30.9 Å². The van der Waals surface area contributed by atoms with Crippen LogP contribution < -0.4 is 0 Å². The lowest BCUT2D eigenvalue weighted by Crippen LogP contribution is -2.81. The molecule has 2 N–H and O–H groups in total. The first kappa shape index (κ1) is 32.3. The first-order chi connectivity index (χ1) is 20.6. The van der Waals surface area contributed by atoms with Gasteiger partial charge in [-0.25, -0.2) is 9.59 Å². The third-order valence-corrected chi connectivity index (χ3v) is 10.8. The first-order valence-corrected chi connectivity index (χ1v) is 15.6. The van der Waals surface area contributed by atoms with Crippen molar-refractivity contribution in [1.82, 2.24) is 0 Å². The molecule has 3 aliphatic carbocycles. The van der Waals surface area contributed by atoms with Gasteiger partial charge in [0.1, 0.15) is 17.8 Å². The summed E-state index contributed by atoms with van der Waals surface area (Å²) in [6.45, 7) is 8.82. The van der Waals surface area contributed by atoms with Crippen LogP contribution in [0.5, 0.6) is 0 Å². The molecule has 1 saturated heterocycles. The van der Waals surface area contributed by atoms with E-state index in [0.717, 1.165) is 11.8 Å². The molecule has 1 aromatic rings. The molecule has 0 aromatic heterocycles. The highest BCUT2D eigenvalue weighted by Gasteiger charge is 2.78. The molecule has 4 aliphatic rings. The van der Waals surface area contributed by atoms with E-state index >= 15 is 0 Å². The lowest BCUT2D eigenvalue weighted by atomic mass is 9.44. The van der Waals surface area contributed by atoms with Crippen molar-refractivity contribution < 1.29 is 53.1 Å². The van der Waals surface area contributed by atoms with Gasteiger partial charge in [0.2, 0.25) is 0 Å². The van der Waals surface area contributed by atoms with Gasteiger partial charge >= 0.3 is 17.2 Å². The van der Waals surface area contributed by atoms with E-state index in [9.17, 15) is 34.2 Å². The lowest BCUT2D eigenvalue weighted by Gasteiger charge is -2.67. The minimum Gasteiger partial charge on any atom is -0.455 e. The van der Waals surface area contributed by atoms with E-state index in [0.29, 0.717) is 5.75 Å². The highest BCUT2D eigenvalue weighted by molar-refractivity contribution is 8.13. The molecule has 0 radical (unpaired) electrons. The van der Waals surface area contributed by atoms with Gasteiger partial charge in [-0.1, -0.05) is 39.0 Å². The van der Waals surface area contributed by atoms with Crippen molar-refractivity contribution in [3.8, 4) is 0 Å². The molecule has 3 fully saturated rings. The first-order valence-electron chi connectivity index (χ1n) is 14.7. The number of Topliss-reactive ketones (excluding diaryl/α,β-unsaturated/α-hetero) is 2. The second-order valence-corrected chi connectivity index (χ2v) is 14.0. The van der Waals surface area contributed by atoms with E-state index in [1.807, 2.05) is 0 Å². The molecule has 0 amide bonds. The van der Waals surface area contributed by atoms with E-state index in [4.69, 9.17) is 18.9 Å². The van der Waals surface area contributed by atoms with Crippen LogP contribution >= 0.6 is 11.8 Å². The number of ketones is 2. The van der Waals surface area contributed by atoms with Gasteiger partial charge in [0.05, 0.1) is 29.6 Å². The molecule has 0 spiro atoms. The third-order valence-electron chi connectivity index (χ3n) is 10.2. The second kappa shape index (κ2) is 11.1. The van der Waals surface area contributed by atoms with Crippen LogP contribution in [0.2, 0.25) is 0 Å². The Balaban J connectivity index is 1.83. The lowest BCUT2D eigenvalue weighted by molar-refractivity contribution is -0.344. The standard InChI is InChI=1S/C32H38O11S/c1-7-44-28(38)41-23-22-16(2)19(34)14-32(39,29(22,4)5)26(42-27(37)18-11-9-8-10-12-18)24-30(6,25(23)36)20(35)13-21-31(24,15-40-21)43-17(3)33/h8-12,20-21,23-24,26,35,39H,7,13-15H2,1-6H3/t20-,21+,23+,24-,26-,30+,31-,32+/m0/s1. The molecule has 11 nitrogen and oxygen atoms in total. The summed E-state index contributed by atoms with van der Waals surface area (Å²) in [6.07, 6.45) is -6.38. The average molecular weight is 631 g/mol. The van der Waals surface area contributed by atoms with Crippen LogP contribution in [0.15, 0.2) is 41.5 Å². The van der Waals surface area contributed by atoms with Crippen molar-refractivity contribution in [1.29, 1.82) is 0 Å². The third kappa shape index (κ3) is 4.55. The van der Waals surface area contributed by atoms with Gasteiger partial charge in [0.15, 0.2) is 23.3 Å². The van der Waals surface area contributed by atoms with Gasteiger partial charge in [-0.15, -0.1) is 0 Å². The van der Waals surface area contributed by atoms with Crippen molar-refractivity contribution in [3.05, 3.63) is 47.0 Å². The summed E-state index contributed by atoms with van der Waals surface area (Å²) in [4.78, 5) is 67.9. The Labute approximate surface area is 259 Å². The predicted molar refractivity (Wildman–Crippen MR) is 157 cm³/mol. The summed E-state index contributed by atoms with van der Waals surface area (Å²) in [5, 5.41) is 23.9. The molecule has 8 atom stereocenters. The number of hydrogen-bond acceptors (Lipinski definition) is 12. The van der Waals surface area contributed by atoms with Crippen molar-refractivity contribution in [2.24, 2.45) is 16.7 Å². The topological polar surface area (TPSA) is 163 Å². The molecular formula is C32H38O11S. The monoisotopic (exact) mass is 630 g/mol. The van der Waals surface area contributed by atoms with E-state index in [2.05, 4.69) is 0 Å². The maximum absolute atomic E-state index is 15.0. The molecule has 1 heterocycles. The summed E-state index contributed by atoms with van der Waals surface area (Å²) in [5.74, 6) is -3.95. The van der Waals surface area contributed by atoms with Crippen molar-refractivity contribution in [2.45, 2.75) is 90.0 Å². The van der Waals surface area contributed by atoms with Crippen molar-refractivity contribution in [3.63, 3.8) is 0 Å². The Kier molecular flexibility index (Phi) is 8.14. The Hall–Kier alpha value is -3.06. The molecule has 44 heavy (non-hydrogen) atoms. The summed E-state index contributed by atoms with van der Waals surface area (Å²) in [5.41, 5.74) is -6.95. The number of carbonyl (C=O) groups is 5. The Morgan fingerprint density at radius 2 is 1.75 bits per heavy atom. The van der Waals surface area contributed by atoms with Gasteiger partial charge in [-0.2, -0.15) is 0 Å². The quantitative estimate of drug-likeness (QED) is 0.361. The largest absolute Gasteiger partial charge is 0.455 e. The van der Waals surface area contributed by atoms with Gasteiger partial charge in [-0.05, 0) is 48.9 Å². The molecular weight excluding hydrogens is 592 g/mol. The summed E-state index contributed by atoms with van der Waals surface area (Å²) >= 11 is 0.822. The number of benzene rings is 1. The van der Waals surface area contributed by atoms with Gasteiger partial charge in [0.25, 0.3) is 0 Å². The number of thioether (sulfide) groups is 1. The number of hydrogen-bond donors (Lipinski definition) is 2. The summed E-state index contributed by atoms with van der Waals surface area (Å²) < 4.78 is 23.7. The molecule has 2 saturated carbocycles. The van der Waals surface area contributed by atoms with Crippen LogP contribution in [0.25, 0.3) is 0 Å². The summed E-state index contributed by atoms with van der Waals surface area (Å²) in [7, 11) is 0. The number of rotatable bonds is 5. The number of esters is 2. The molecule has 5 rings (SSSR count). The van der Waals surface area contributed by atoms with Crippen LogP contribution in [-0.2, 0) is 33.3 Å². The van der Waals surface area contributed by atoms with Crippen LogP contribution in [0.1, 0.15) is 64.7 Å². The Morgan fingerprint density at radius 1 is 1.09 bits per heavy atom. The number of aliphatic hydroxyl groups is 2. The molecule has 1 aliphatic heterocycles. The maximum atomic E-state index is 15.0. The highest BCUT2D eigenvalue weighted by atomic mass is 32.2. The zero-order chi connectivity index (χ0) is 32.4. The highest BCUT2D eigenvalue weighted by Crippen LogP contribution is 2.64. The zero-order valence-electron chi connectivity index (χ0n) is 25.6. The fraction of sp³-hybridized carbons (Fsp3) is 0.594. The SMILES string of the molecule is CCSC(=O)O[C@H]1C(=O)[C@@]2(C)[C@H]([C@H](OC(=O)c3ccccc3)[C@]3(O)CC(=O)C(C)=C1C3(C)C)[C@]1(OC(C)=O)CO[C@@H]1C[C@@H]2O. The van der Waals surface area contributed by atoms with Crippen LogP contribution in [0.3, 0.4) is 0 Å². The zero-order valence-corrected chi connectivity index (χ0v) is 26.4. The fourth-order valence-electron chi connectivity index (χ4n) is 7.80. The average Bonchev–Trinajstić information content (AvgIpc) is 2.95. The molecule has 0 unspecified atom stereocenters. The normalized spacial score (nSPS) is 37.4. The number of fused-ring (bicyclic) bond motifs is 5. The number of allylic oxidation sites excluding steroid dienone is 1. The molecule has 12 heteroatoms. The van der Waals surface area contributed by atoms with Crippen LogP contribution in [-0.4, -0.2) is 87.0 Å². The maximum Gasteiger partial charge on any atom is 0.368 e. The van der Waals surface area contributed by atoms with E-state index in [1.165, 1.54) is 32.9 Å². The molecule has 1 aromatic carbocycles. The van der Waals surface area contributed by atoms with Gasteiger partial charge < -0.3 is 29.2 Å². The van der Waals surface area contributed by atoms with E-state index < -0.39 is 87.6 Å². The molecule has 2 bridgehead atoms. The predicted octanol–water partition coefficient (Wildman–Crippen LogP) is 3.19. The number of carbonyl (C=O) groups excluding carboxylic acids is 5. The van der Waals surface area contributed by atoms with Crippen LogP contribution in [0.4, 0.5) is 4.79 Å². The van der Waals surface area contributed by atoms with Crippen molar-refractivity contribution >= 4 is 40.6 Å². The Morgan fingerprint density at radius 3 is 2.32 bits per heavy atom. The van der Waals surface area contributed by atoms with Gasteiger partial charge in [-0.3, -0.25) is 14.4 Å². The van der Waals surface area contributed by atoms with E-state index in [-0.39, 0.29) is 29.7 Å². The van der Waals surface area contributed by atoms with E-state index in [1.54, 1.807) is 39.0 Å². The minimum atomic E-state index is -2.22. The Bertz CT molecular complexity index is 1440. The smallest absolute Gasteiger partial charge is 0.368 e. The second-order valence-electron chi connectivity index (χ2n) is 12.8. The fourth-order valence-corrected chi connectivity index (χ4v) is 8.20. The molecule has 238 valence electrons. The minimum absolute atomic E-state index is 0.0625. The summed E-state index contributed by atoms with van der Waals surface area (Å²) in [6, 6.07) is 7.99. The number of ether oxygens (including phenoxy) is 4. The van der Waals surface area contributed by atoms with Crippen molar-refractivity contribution in [2.75, 3.05) is 12.4 Å². The van der Waals surface area contributed by atoms with Crippen LogP contribution in [0, 0.1) is 16.7 Å².